The molecule has 1 amide bonds. The summed E-state index contributed by atoms with van der Waals surface area (Å²) in [6.45, 7) is 7.29. The van der Waals surface area contributed by atoms with Gasteiger partial charge >= 0.3 is 0 Å². The average Bonchev–Trinajstić information content (AvgIpc) is 3.83. The zero-order valence-electron chi connectivity index (χ0n) is 37.7. The van der Waals surface area contributed by atoms with Gasteiger partial charge in [0.25, 0.3) is 5.91 Å². The van der Waals surface area contributed by atoms with Crippen molar-refractivity contribution in [1.82, 2.24) is 4.90 Å². The van der Waals surface area contributed by atoms with E-state index in [9.17, 15) is 10.2 Å². The number of allylic oxidation sites excluding steroid dienone is 1. The molecule has 2 aliphatic carbocycles. The topological polar surface area (TPSA) is 129 Å². The van der Waals surface area contributed by atoms with Crippen LogP contribution >= 0.6 is 0 Å². The molecule has 5 aromatic rings. The van der Waals surface area contributed by atoms with Crippen LogP contribution < -0.4 is 18.9 Å². The number of aliphatic hydroxyl groups is 2. The molecule has 2 heterocycles. The molecule has 66 heavy (non-hydrogen) atoms. The number of ether oxygens (including phenoxy) is 5. The van der Waals surface area contributed by atoms with E-state index in [0.29, 0.717) is 54.4 Å². The molecule has 0 aromatic heterocycles. The number of benzene rings is 5. The van der Waals surface area contributed by atoms with Gasteiger partial charge in [-0.25, -0.2) is 0 Å². The van der Waals surface area contributed by atoms with Crippen molar-refractivity contribution in [2.75, 3.05) is 33.2 Å². The van der Waals surface area contributed by atoms with Gasteiger partial charge in [-0.15, -0.1) is 6.58 Å². The van der Waals surface area contributed by atoms with Crippen LogP contribution in [0.1, 0.15) is 85.7 Å². The van der Waals surface area contributed by atoms with Crippen molar-refractivity contribution in [1.29, 1.82) is 0 Å². The number of hydrogen-bond donors (Lipinski definition) is 2. The standard InChI is InChI=1S/C55H60N2O9/c1-3-26-57(54(60)41-21-24-49-50(32-41)62-36-61-49)51-34-47(56-64-35-37-14-6-5-7-15-37)45-31-40(18-10-12-27-58)44(19-11-13-28-59)52-46-33-43(65-42-22-20-38-16-8-9-17-39(38)30-42)23-25-48(46)66-55(51,53(45)52)63-29-4-2/h4-9,14-17,20-25,30-33,40,44,51-53,58-59H,2-3,10-13,18-19,26-29,34-36H2,1H3. The SMILES string of the molecule is C=CCOC12Oc3ccc(Oc4ccc5ccccc5c4)cc3C3C(CCCCO)C(CCCCO)C=C(C(=NOCc4ccccc4)CC1N(CCC)C(=O)c1ccc4c(c1)OCO4)C32. The first-order valence-corrected chi connectivity index (χ1v) is 23.6. The minimum atomic E-state index is -1.40. The first-order chi connectivity index (χ1) is 32.4. The quantitative estimate of drug-likeness (QED) is 0.0446. The Morgan fingerprint density at radius 1 is 0.848 bits per heavy atom. The van der Waals surface area contributed by atoms with Crippen molar-refractivity contribution in [2.45, 2.75) is 82.6 Å². The Hall–Kier alpha value is -6.14. The molecule has 6 atom stereocenters. The molecule has 4 aliphatic rings. The number of unbranched alkanes of at least 4 members (excludes halogenated alkanes) is 2. The molecular weight excluding hydrogens is 833 g/mol. The van der Waals surface area contributed by atoms with E-state index in [0.717, 1.165) is 64.6 Å². The molecule has 9 rings (SSSR count). The molecule has 11 heteroatoms. The van der Waals surface area contributed by atoms with Crippen molar-refractivity contribution in [3.63, 3.8) is 0 Å². The van der Waals surface area contributed by atoms with Crippen LogP contribution in [0, 0.1) is 17.8 Å². The van der Waals surface area contributed by atoms with Gasteiger partial charge in [0.15, 0.2) is 11.5 Å². The lowest BCUT2D eigenvalue weighted by atomic mass is 9.55. The van der Waals surface area contributed by atoms with Gasteiger partial charge in [0.05, 0.1) is 18.2 Å². The number of nitrogens with zero attached hydrogens (tertiary/aromatic N) is 2. The Bertz CT molecular complexity index is 2560. The molecule has 0 saturated heterocycles. The Labute approximate surface area is 387 Å². The maximum Gasteiger partial charge on any atom is 0.254 e. The Kier molecular flexibility index (Phi) is 14.0. The predicted molar refractivity (Wildman–Crippen MR) is 254 cm³/mol. The van der Waals surface area contributed by atoms with Gasteiger partial charge in [-0.2, -0.15) is 0 Å². The lowest BCUT2D eigenvalue weighted by molar-refractivity contribution is -0.254. The molecule has 6 unspecified atom stereocenters. The van der Waals surface area contributed by atoms with E-state index in [4.69, 9.17) is 33.7 Å². The molecule has 0 spiro atoms. The number of hydrogen-bond acceptors (Lipinski definition) is 10. The highest BCUT2D eigenvalue weighted by Gasteiger charge is 2.65. The molecule has 0 bridgehead atoms. The fourth-order valence-electron chi connectivity index (χ4n) is 10.7. The highest BCUT2D eigenvalue weighted by molar-refractivity contribution is 6.03. The number of fused-ring (bicyclic) bond motifs is 4. The number of aliphatic hydroxyl groups excluding tert-OH is 2. The van der Waals surface area contributed by atoms with E-state index < -0.39 is 17.7 Å². The summed E-state index contributed by atoms with van der Waals surface area (Å²) in [6.07, 6.45) is 9.70. The molecular formula is C55H60N2O9. The first kappa shape index (κ1) is 45.0. The fraction of sp³-hybridized carbons (Fsp3) is 0.382. The second-order valence-corrected chi connectivity index (χ2v) is 17.7. The lowest BCUT2D eigenvalue weighted by Gasteiger charge is -2.60. The number of amides is 1. The van der Waals surface area contributed by atoms with Crippen LogP contribution in [0.3, 0.4) is 0 Å². The molecule has 2 N–H and O–H groups in total. The van der Waals surface area contributed by atoms with Crippen LogP contribution in [0.25, 0.3) is 10.8 Å². The number of rotatable bonds is 20. The van der Waals surface area contributed by atoms with Crippen LogP contribution in [-0.4, -0.2) is 71.7 Å². The summed E-state index contributed by atoms with van der Waals surface area (Å²) < 4.78 is 32.7. The van der Waals surface area contributed by atoms with Crippen molar-refractivity contribution < 1.29 is 43.5 Å². The van der Waals surface area contributed by atoms with E-state index >= 15 is 4.79 Å². The monoisotopic (exact) mass is 892 g/mol. The Morgan fingerprint density at radius 3 is 2.39 bits per heavy atom. The van der Waals surface area contributed by atoms with E-state index in [1.165, 1.54) is 0 Å². The van der Waals surface area contributed by atoms with Gasteiger partial charge < -0.3 is 43.6 Å². The highest BCUT2D eigenvalue weighted by atomic mass is 16.7. The van der Waals surface area contributed by atoms with Crippen LogP contribution in [0.5, 0.6) is 28.7 Å². The maximum atomic E-state index is 15.2. The van der Waals surface area contributed by atoms with Gasteiger partial charge in [0.2, 0.25) is 12.6 Å². The summed E-state index contributed by atoms with van der Waals surface area (Å²) in [5, 5.41) is 27.3. The molecule has 2 aliphatic heterocycles. The van der Waals surface area contributed by atoms with Gasteiger partial charge in [0.1, 0.15) is 29.9 Å². The van der Waals surface area contributed by atoms with Crippen LogP contribution in [0.15, 0.2) is 139 Å². The van der Waals surface area contributed by atoms with Gasteiger partial charge in [-0.3, -0.25) is 4.79 Å². The molecule has 5 aromatic carbocycles. The molecule has 11 nitrogen and oxygen atoms in total. The van der Waals surface area contributed by atoms with Gasteiger partial charge in [-0.1, -0.05) is 97.7 Å². The summed E-state index contributed by atoms with van der Waals surface area (Å²) in [6, 6.07) is 35.0. The zero-order valence-corrected chi connectivity index (χ0v) is 37.7. The Morgan fingerprint density at radius 2 is 1.59 bits per heavy atom. The van der Waals surface area contributed by atoms with E-state index in [1.807, 2.05) is 65.6 Å². The third kappa shape index (κ3) is 9.17. The van der Waals surface area contributed by atoms with Crippen LogP contribution in [0.2, 0.25) is 0 Å². The summed E-state index contributed by atoms with van der Waals surface area (Å²) in [5.74, 6) is 1.05. The summed E-state index contributed by atoms with van der Waals surface area (Å²) in [4.78, 5) is 23.4. The van der Waals surface area contributed by atoms with Gasteiger partial charge in [0, 0.05) is 43.2 Å². The number of oxime groups is 1. The van der Waals surface area contributed by atoms with Crippen LogP contribution in [-0.2, 0) is 16.2 Å². The largest absolute Gasteiger partial charge is 0.459 e. The van der Waals surface area contributed by atoms with Crippen molar-refractivity contribution in [3.8, 4) is 28.7 Å². The van der Waals surface area contributed by atoms with Gasteiger partial charge in [-0.05, 0) is 114 Å². The van der Waals surface area contributed by atoms with Crippen LogP contribution in [0.4, 0.5) is 0 Å². The smallest absolute Gasteiger partial charge is 0.254 e. The van der Waals surface area contributed by atoms with E-state index in [1.54, 1.807) is 24.3 Å². The zero-order chi connectivity index (χ0) is 45.5. The summed E-state index contributed by atoms with van der Waals surface area (Å²) >= 11 is 0. The van der Waals surface area contributed by atoms with E-state index in [-0.39, 0.29) is 63.3 Å². The van der Waals surface area contributed by atoms with E-state index in [2.05, 4.69) is 49.9 Å². The van der Waals surface area contributed by atoms with Crippen molar-refractivity contribution in [2.24, 2.45) is 22.9 Å². The minimum absolute atomic E-state index is 0.0590. The Balaban J connectivity index is 1.22. The highest BCUT2D eigenvalue weighted by Crippen LogP contribution is 2.62. The predicted octanol–water partition coefficient (Wildman–Crippen LogP) is 10.7. The molecule has 1 saturated carbocycles. The minimum Gasteiger partial charge on any atom is -0.459 e. The normalized spacial score (nSPS) is 23.0. The number of carbonyl (C=O) groups is 1. The molecule has 0 radical (unpaired) electrons. The first-order valence-electron chi connectivity index (χ1n) is 23.6. The third-order valence-corrected chi connectivity index (χ3v) is 13.6. The second kappa shape index (κ2) is 20.6. The second-order valence-electron chi connectivity index (χ2n) is 17.7. The average molecular weight is 893 g/mol. The summed E-state index contributed by atoms with van der Waals surface area (Å²) in [7, 11) is 0. The lowest BCUT2D eigenvalue weighted by Crippen LogP contribution is -2.70. The third-order valence-electron chi connectivity index (χ3n) is 13.6. The molecule has 1 fully saturated rings. The number of carbonyl (C=O) groups excluding carboxylic acids is 1. The maximum absolute atomic E-state index is 15.2. The molecule has 344 valence electrons. The fourth-order valence-corrected chi connectivity index (χ4v) is 10.7. The summed E-state index contributed by atoms with van der Waals surface area (Å²) in [5.41, 5.74) is 4.14. The van der Waals surface area contributed by atoms with Crippen molar-refractivity contribution in [3.05, 3.63) is 150 Å². The van der Waals surface area contributed by atoms with Crippen molar-refractivity contribution >= 4 is 22.4 Å².